The highest BCUT2D eigenvalue weighted by atomic mass is 28.3. The SMILES string of the molecule is CCCCC(=O)C(C[Si](C)(C)C)=C(C)C. The minimum Gasteiger partial charge on any atom is -0.295 e. The number of hydrogen-bond donors (Lipinski definition) is 0. The number of ketones is 1. The average molecular weight is 226 g/mol. The van der Waals surface area contributed by atoms with Crippen LogP contribution >= 0.6 is 0 Å². The summed E-state index contributed by atoms with van der Waals surface area (Å²) in [5.74, 6) is 0.388. The van der Waals surface area contributed by atoms with Crippen molar-refractivity contribution >= 4 is 13.9 Å². The number of hydrogen-bond acceptors (Lipinski definition) is 1. The van der Waals surface area contributed by atoms with Crippen LogP contribution in [0, 0.1) is 0 Å². The zero-order chi connectivity index (χ0) is 12.1. The topological polar surface area (TPSA) is 17.1 Å². The van der Waals surface area contributed by atoms with Crippen LogP contribution in [-0.4, -0.2) is 13.9 Å². The number of carbonyl (C=O) groups excluding carboxylic acids is 1. The molecule has 0 aliphatic heterocycles. The van der Waals surface area contributed by atoms with Crippen LogP contribution in [0.5, 0.6) is 0 Å². The fourth-order valence-corrected chi connectivity index (χ4v) is 3.18. The lowest BCUT2D eigenvalue weighted by Gasteiger charge is -2.19. The third kappa shape index (κ3) is 6.66. The van der Waals surface area contributed by atoms with Gasteiger partial charge in [-0.05, 0) is 31.9 Å². The van der Waals surface area contributed by atoms with Crippen LogP contribution in [0.25, 0.3) is 0 Å². The number of carbonyl (C=O) groups is 1. The van der Waals surface area contributed by atoms with Gasteiger partial charge in [-0.3, -0.25) is 4.79 Å². The Morgan fingerprint density at radius 2 is 1.67 bits per heavy atom. The molecule has 0 aliphatic rings. The second-order valence-corrected chi connectivity index (χ2v) is 11.2. The van der Waals surface area contributed by atoms with Gasteiger partial charge in [0.25, 0.3) is 0 Å². The van der Waals surface area contributed by atoms with Crippen molar-refractivity contribution in [1.29, 1.82) is 0 Å². The maximum atomic E-state index is 12.0. The van der Waals surface area contributed by atoms with Gasteiger partial charge in [0.05, 0.1) is 0 Å². The van der Waals surface area contributed by atoms with E-state index in [-0.39, 0.29) is 0 Å². The summed E-state index contributed by atoms with van der Waals surface area (Å²) in [7, 11) is -1.16. The molecule has 15 heavy (non-hydrogen) atoms. The molecule has 0 unspecified atom stereocenters. The molecule has 0 amide bonds. The largest absolute Gasteiger partial charge is 0.295 e. The molecular formula is C13H26OSi. The Kier molecular flexibility index (Phi) is 6.11. The van der Waals surface area contributed by atoms with Gasteiger partial charge in [-0.1, -0.05) is 38.6 Å². The van der Waals surface area contributed by atoms with Crippen molar-refractivity contribution in [3.05, 3.63) is 11.1 Å². The molecule has 0 aromatic heterocycles. The first-order valence-electron chi connectivity index (χ1n) is 5.97. The maximum Gasteiger partial charge on any atom is 0.158 e. The van der Waals surface area contributed by atoms with E-state index >= 15 is 0 Å². The van der Waals surface area contributed by atoms with E-state index < -0.39 is 8.07 Å². The van der Waals surface area contributed by atoms with E-state index in [4.69, 9.17) is 0 Å². The summed E-state index contributed by atoms with van der Waals surface area (Å²) >= 11 is 0. The molecule has 88 valence electrons. The lowest BCUT2D eigenvalue weighted by atomic mass is 10.0. The van der Waals surface area contributed by atoms with Gasteiger partial charge in [0.2, 0.25) is 0 Å². The first-order valence-corrected chi connectivity index (χ1v) is 9.68. The molecule has 0 saturated heterocycles. The third-order valence-corrected chi connectivity index (χ3v) is 3.82. The highest BCUT2D eigenvalue weighted by Gasteiger charge is 2.20. The van der Waals surface area contributed by atoms with Crippen molar-refractivity contribution in [2.45, 2.75) is 65.7 Å². The van der Waals surface area contributed by atoms with Crippen LogP contribution in [0.2, 0.25) is 25.7 Å². The Labute approximate surface area is 96.0 Å². The summed E-state index contributed by atoms with van der Waals surface area (Å²) in [6, 6.07) is 1.04. The average Bonchev–Trinajstić information content (AvgIpc) is 2.08. The van der Waals surface area contributed by atoms with Crippen LogP contribution in [0.4, 0.5) is 0 Å². The van der Waals surface area contributed by atoms with Crippen LogP contribution in [0.1, 0.15) is 40.0 Å². The lowest BCUT2D eigenvalue weighted by molar-refractivity contribution is -0.115. The highest BCUT2D eigenvalue weighted by Crippen LogP contribution is 2.21. The minimum absolute atomic E-state index is 0.388. The van der Waals surface area contributed by atoms with Gasteiger partial charge in [0, 0.05) is 14.5 Å². The molecule has 0 saturated carbocycles. The first-order chi connectivity index (χ1) is 6.78. The molecule has 1 nitrogen and oxygen atoms in total. The van der Waals surface area contributed by atoms with Crippen molar-refractivity contribution < 1.29 is 4.79 Å². The summed E-state index contributed by atoms with van der Waals surface area (Å²) in [4.78, 5) is 12.0. The van der Waals surface area contributed by atoms with Crippen molar-refractivity contribution in [2.75, 3.05) is 0 Å². The first kappa shape index (κ1) is 14.6. The number of rotatable bonds is 6. The molecule has 0 atom stereocenters. The van der Waals surface area contributed by atoms with Crippen molar-refractivity contribution in [2.24, 2.45) is 0 Å². The highest BCUT2D eigenvalue weighted by molar-refractivity contribution is 6.77. The molecule has 0 bridgehead atoms. The van der Waals surface area contributed by atoms with Gasteiger partial charge < -0.3 is 0 Å². The number of Topliss-reactive ketones (excluding diaryl/α,β-unsaturated/α-hetero) is 1. The van der Waals surface area contributed by atoms with Crippen LogP contribution in [0.3, 0.4) is 0 Å². The van der Waals surface area contributed by atoms with E-state index in [1.165, 1.54) is 5.57 Å². The molecule has 0 aliphatic carbocycles. The van der Waals surface area contributed by atoms with Crippen molar-refractivity contribution in [1.82, 2.24) is 0 Å². The maximum absolute atomic E-state index is 12.0. The predicted molar refractivity (Wildman–Crippen MR) is 71.1 cm³/mol. The smallest absolute Gasteiger partial charge is 0.158 e. The van der Waals surface area contributed by atoms with Crippen LogP contribution in [0.15, 0.2) is 11.1 Å². The van der Waals surface area contributed by atoms with Gasteiger partial charge in [-0.25, -0.2) is 0 Å². The Morgan fingerprint density at radius 3 is 2.00 bits per heavy atom. The zero-order valence-electron chi connectivity index (χ0n) is 11.2. The molecule has 0 fully saturated rings. The van der Waals surface area contributed by atoms with Gasteiger partial charge in [-0.15, -0.1) is 0 Å². The third-order valence-electron chi connectivity index (χ3n) is 2.40. The molecule has 0 rings (SSSR count). The fourth-order valence-electron chi connectivity index (χ4n) is 1.57. The number of allylic oxidation sites excluding steroid dienone is 2. The molecule has 0 aromatic carbocycles. The van der Waals surface area contributed by atoms with Crippen LogP contribution < -0.4 is 0 Å². The van der Waals surface area contributed by atoms with Crippen molar-refractivity contribution in [3.8, 4) is 0 Å². The van der Waals surface area contributed by atoms with Gasteiger partial charge in [0.1, 0.15) is 0 Å². The Balaban J connectivity index is 4.57. The summed E-state index contributed by atoms with van der Waals surface area (Å²) in [5.41, 5.74) is 2.33. The molecule has 2 heteroatoms. The molecule has 0 aromatic rings. The standard InChI is InChI=1S/C13H26OSi/c1-7-8-9-13(14)12(11(2)3)10-15(4,5)6/h7-10H2,1-6H3. The Morgan fingerprint density at radius 1 is 1.13 bits per heavy atom. The van der Waals surface area contributed by atoms with E-state index in [9.17, 15) is 4.79 Å². The summed E-state index contributed by atoms with van der Waals surface area (Å²) in [6.07, 6.45) is 2.87. The fraction of sp³-hybridized carbons (Fsp3) is 0.769. The summed E-state index contributed by atoms with van der Waals surface area (Å²) in [5, 5.41) is 0. The normalized spacial score (nSPS) is 11.3. The monoisotopic (exact) mass is 226 g/mol. The molecular weight excluding hydrogens is 200 g/mol. The Bertz CT molecular complexity index is 242. The second kappa shape index (κ2) is 6.26. The van der Waals surface area contributed by atoms with E-state index in [1.54, 1.807) is 0 Å². The van der Waals surface area contributed by atoms with Crippen LogP contribution in [-0.2, 0) is 4.79 Å². The van der Waals surface area contributed by atoms with Gasteiger partial charge in [-0.2, -0.15) is 0 Å². The summed E-state index contributed by atoms with van der Waals surface area (Å²) in [6.45, 7) is 13.2. The molecule has 0 spiro atoms. The lowest BCUT2D eigenvalue weighted by Crippen LogP contribution is -2.23. The molecule has 0 N–H and O–H groups in total. The Hall–Kier alpha value is -0.373. The van der Waals surface area contributed by atoms with Gasteiger partial charge >= 0.3 is 0 Å². The van der Waals surface area contributed by atoms with E-state index in [0.717, 1.165) is 30.9 Å². The second-order valence-electron chi connectivity index (χ2n) is 5.74. The summed E-state index contributed by atoms with van der Waals surface area (Å²) < 4.78 is 0. The van der Waals surface area contributed by atoms with E-state index in [1.807, 2.05) is 0 Å². The molecule has 0 radical (unpaired) electrons. The van der Waals surface area contributed by atoms with E-state index in [2.05, 4.69) is 40.4 Å². The zero-order valence-corrected chi connectivity index (χ0v) is 12.2. The quantitative estimate of drug-likeness (QED) is 0.484. The van der Waals surface area contributed by atoms with Gasteiger partial charge in [0.15, 0.2) is 5.78 Å². The predicted octanol–water partition coefficient (Wildman–Crippen LogP) is 4.42. The van der Waals surface area contributed by atoms with Crippen molar-refractivity contribution in [3.63, 3.8) is 0 Å². The minimum atomic E-state index is -1.16. The van der Waals surface area contributed by atoms with E-state index in [0.29, 0.717) is 5.78 Å². The number of unbranched alkanes of at least 4 members (excludes halogenated alkanes) is 1. The molecule has 0 heterocycles.